The normalized spacial score (nSPS) is 15.7. The highest BCUT2D eigenvalue weighted by atomic mass is 19.1. The molecule has 23 heavy (non-hydrogen) atoms. The molecule has 3 rings (SSSR count). The smallest absolute Gasteiger partial charge is 0.209 e. The molecule has 0 bridgehead atoms. The summed E-state index contributed by atoms with van der Waals surface area (Å²) < 4.78 is 14.5. The maximum atomic E-state index is 14.5. The molecule has 1 aromatic carbocycles. The van der Waals surface area contributed by atoms with Gasteiger partial charge in [0.15, 0.2) is 0 Å². The second-order valence-electron chi connectivity index (χ2n) is 5.91. The third-order valence-corrected chi connectivity index (χ3v) is 4.33. The van der Waals surface area contributed by atoms with Crippen LogP contribution >= 0.6 is 0 Å². The molecule has 1 aliphatic heterocycles. The molecule has 0 N–H and O–H groups in total. The minimum Gasteiger partial charge on any atom is -0.343 e. The Hall–Kier alpha value is -2.27. The van der Waals surface area contributed by atoms with E-state index in [-0.39, 0.29) is 5.82 Å². The van der Waals surface area contributed by atoms with Crippen molar-refractivity contribution in [3.8, 4) is 11.1 Å². The van der Waals surface area contributed by atoms with Crippen LogP contribution in [-0.2, 0) is 11.3 Å². The summed E-state index contributed by atoms with van der Waals surface area (Å²) in [7, 11) is 0. The topological polar surface area (TPSA) is 36.4 Å². The van der Waals surface area contributed by atoms with Crippen molar-refractivity contribution in [2.75, 3.05) is 26.2 Å². The number of aryl methyl sites for hydroxylation is 1. The lowest BCUT2D eigenvalue weighted by Crippen LogP contribution is -2.45. The fourth-order valence-corrected chi connectivity index (χ4v) is 2.91. The number of benzene rings is 1. The average Bonchev–Trinajstić information content (AvgIpc) is 2.58. The summed E-state index contributed by atoms with van der Waals surface area (Å²) in [5, 5.41) is 0. The zero-order chi connectivity index (χ0) is 16.2. The molecule has 1 fully saturated rings. The van der Waals surface area contributed by atoms with E-state index in [2.05, 4.69) is 9.88 Å². The Morgan fingerprint density at radius 1 is 1.22 bits per heavy atom. The maximum absolute atomic E-state index is 14.5. The number of carbonyl (C=O) groups excluding carboxylic acids is 1. The van der Waals surface area contributed by atoms with Gasteiger partial charge in [-0.1, -0.05) is 12.1 Å². The van der Waals surface area contributed by atoms with Gasteiger partial charge < -0.3 is 4.90 Å². The van der Waals surface area contributed by atoms with Crippen molar-refractivity contribution in [3.05, 3.63) is 53.6 Å². The van der Waals surface area contributed by atoms with Crippen LogP contribution in [0.5, 0.6) is 0 Å². The molecule has 0 radical (unpaired) electrons. The molecule has 0 saturated carbocycles. The lowest BCUT2D eigenvalue weighted by molar-refractivity contribution is -0.119. The summed E-state index contributed by atoms with van der Waals surface area (Å²) in [5.74, 6) is -0.184. The largest absolute Gasteiger partial charge is 0.343 e. The second kappa shape index (κ2) is 6.87. The fourth-order valence-electron chi connectivity index (χ4n) is 2.91. The molecular formula is C18H20FN3O. The van der Waals surface area contributed by atoms with Gasteiger partial charge >= 0.3 is 0 Å². The number of rotatable bonds is 4. The number of halogens is 1. The van der Waals surface area contributed by atoms with E-state index in [0.717, 1.165) is 36.2 Å². The van der Waals surface area contributed by atoms with Gasteiger partial charge in [-0.25, -0.2) is 4.39 Å². The maximum Gasteiger partial charge on any atom is 0.209 e. The van der Waals surface area contributed by atoms with Crippen molar-refractivity contribution in [1.29, 1.82) is 0 Å². The molecule has 0 atom stereocenters. The van der Waals surface area contributed by atoms with Gasteiger partial charge in [0.2, 0.25) is 6.41 Å². The molecule has 5 heteroatoms. The van der Waals surface area contributed by atoms with E-state index in [1.165, 1.54) is 0 Å². The first-order valence-corrected chi connectivity index (χ1v) is 7.78. The summed E-state index contributed by atoms with van der Waals surface area (Å²) in [4.78, 5) is 18.7. The second-order valence-corrected chi connectivity index (χ2v) is 5.91. The van der Waals surface area contributed by atoms with Gasteiger partial charge in [-0.05, 0) is 35.7 Å². The van der Waals surface area contributed by atoms with Crippen LogP contribution < -0.4 is 0 Å². The highest BCUT2D eigenvalue weighted by molar-refractivity contribution is 5.66. The molecule has 1 amide bonds. The Balaban J connectivity index is 1.73. The van der Waals surface area contributed by atoms with Crippen LogP contribution in [0.25, 0.3) is 11.1 Å². The van der Waals surface area contributed by atoms with Crippen molar-refractivity contribution in [3.63, 3.8) is 0 Å². The van der Waals surface area contributed by atoms with Gasteiger partial charge in [-0.15, -0.1) is 0 Å². The van der Waals surface area contributed by atoms with Crippen molar-refractivity contribution in [1.82, 2.24) is 14.8 Å². The number of carbonyl (C=O) groups is 1. The molecule has 2 heterocycles. The SMILES string of the molecule is Cc1cnccc1-c1ccc(CN2CCN(C=O)CC2)c(F)c1. The van der Waals surface area contributed by atoms with Gasteiger partial charge in [0.1, 0.15) is 5.82 Å². The van der Waals surface area contributed by atoms with E-state index < -0.39 is 0 Å². The molecule has 2 aromatic rings. The third-order valence-electron chi connectivity index (χ3n) is 4.33. The number of amides is 1. The predicted molar refractivity (Wildman–Crippen MR) is 87.3 cm³/mol. The van der Waals surface area contributed by atoms with Gasteiger partial charge in [0.05, 0.1) is 0 Å². The minimum atomic E-state index is -0.184. The first-order valence-electron chi connectivity index (χ1n) is 7.78. The number of piperazine rings is 1. The lowest BCUT2D eigenvalue weighted by atomic mass is 10.0. The Kier molecular flexibility index (Phi) is 4.67. The number of pyridine rings is 1. The van der Waals surface area contributed by atoms with Gasteiger partial charge in [0.25, 0.3) is 0 Å². The van der Waals surface area contributed by atoms with E-state index in [0.29, 0.717) is 25.2 Å². The summed E-state index contributed by atoms with van der Waals surface area (Å²) in [5.41, 5.74) is 3.60. The Labute approximate surface area is 135 Å². The van der Waals surface area contributed by atoms with Gasteiger partial charge in [0, 0.05) is 50.7 Å². The number of aromatic nitrogens is 1. The molecule has 1 aliphatic rings. The molecule has 4 nitrogen and oxygen atoms in total. The summed E-state index contributed by atoms with van der Waals surface area (Å²) in [6.45, 7) is 5.53. The molecule has 0 spiro atoms. The summed E-state index contributed by atoms with van der Waals surface area (Å²) >= 11 is 0. The van der Waals surface area contributed by atoms with Gasteiger partial charge in [-0.2, -0.15) is 0 Å². The highest BCUT2D eigenvalue weighted by Crippen LogP contribution is 2.25. The molecular weight excluding hydrogens is 293 g/mol. The van der Waals surface area contributed by atoms with Crippen LogP contribution in [0.2, 0.25) is 0 Å². The zero-order valence-corrected chi connectivity index (χ0v) is 13.2. The number of hydrogen-bond acceptors (Lipinski definition) is 3. The Bertz CT molecular complexity index is 696. The summed E-state index contributed by atoms with van der Waals surface area (Å²) in [6.07, 6.45) is 4.39. The van der Waals surface area contributed by atoms with E-state index >= 15 is 0 Å². The predicted octanol–water partition coefficient (Wildman–Crippen LogP) is 2.47. The molecule has 1 aromatic heterocycles. The first kappa shape index (κ1) is 15.6. The molecule has 0 aliphatic carbocycles. The van der Waals surface area contributed by atoms with Crippen LogP contribution in [0.15, 0.2) is 36.7 Å². The minimum absolute atomic E-state index is 0.184. The van der Waals surface area contributed by atoms with E-state index in [9.17, 15) is 9.18 Å². The molecule has 120 valence electrons. The lowest BCUT2D eigenvalue weighted by Gasteiger charge is -2.32. The zero-order valence-electron chi connectivity index (χ0n) is 13.2. The monoisotopic (exact) mass is 313 g/mol. The quantitative estimate of drug-likeness (QED) is 0.814. The van der Waals surface area contributed by atoms with Crippen LogP contribution in [-0.4, -0.2) is 47.4 Å². The molecule has 0 unspecified atom stereocenters. The Morgan fingerprint density at radius 3 is 2.65 bits per heavy atom. The fraction of sp³-hybridized carbons (Fsp3) is 0.333. The van der Waals surface area contributed by atoms with E-state index in [1.54, 1.807) is 23.4 Å². The Morgan fingerprint density at radius 2 is 2.00 bits per heavy atom. The standard InChI is InChI=1S/C18H20FN3O/c1-14-11-20-5-4-17(14)15-2-3-16(18(19)10-15)12-21-6-8-22(13-23)9-7-21/h2-5,10-11,13H,6-9,12H2,1H3. The molecule has 1 saturated heterocycles. The van der Waals surface area contributed by atoms with Gasteiger partial charge in [-0.3, -0.25) is 14.7 Å². The van der Waals surface area contributed by atoms with Crippen molar-refractivity contribution in [2.24, 2.45) is 0 Å². The first-order chi connectivity index (χ1) is 11.2. The third kappa shape index (κ3) is 3.56. The number of hydrogen-bond donors (Lipinski definition) is 0. The van der Waals surface area contributed by atoms with Crippen LogP contribution in [0.1, 0.15) is 11.1 Å². The van der Waals surface area contributed by atoms with E-state index in [4.69, 9.17) is 0 Å². The van der Waals surface area contributed by atoms with Crippen molar-refractivity contribution in [2.45, 2.75) is 13.5 Å². The van der Waals surface area contributed by atoms with Crippen molar-refractivity contribution < 1.29 is 9.18 Å². The average molecular weight is 313 g/mol. The van der Waals surface area contributed by atoms with E-state index in [1.807, 2.05) is 25.1 Å². The highest BCUT2D eigenvalue weighted by Gasteiger charge is 2.17. The van der Waals surface area contributed by atoms with Crippen LogP contribution in [0.4, 0.5) is 4.39 Å². The van der Waals surface area contributed by atoms with Crippen LogP contribution in [0, 0.1) is 12.7 Å². The number of nitrogens with zero attached hydrogens (tertiary/aromatic N) is 3. The van der Waals surface area contributed by atoms with Crippen molar-refractivity contribution >= 4 is 6.41 Å². The summed E-state index contributed by atoms with van der Waals surface area (Å²) in [6, 6.07) is 7.32. The van der Waals surface area contributed by atoms with Crippen LogP contribution in [0.3, 0.4) is 0 Å².